The number of halogens is 2. The SMILES string of the molecule is CCNC(=NCCCCn1ccnc1C)NC1CCCN(c2ccccc2Cl)C1.I. The monoisotopic (exact) mass is 544 g/mol. The largest absolute Gasteiger partial charge is 0.368 e. The van der Waals surface area contributed by atoms with Gasteiger partial charge in [0.2, 0.25) is 0 Å². The maximum atomic E-state index is 6.40. The van der Waals surface area contributed by atoms with Crippen LogP contribution in [0.15, 0.2) is 41.7 Å². The molecule has 1 atom stereocenters. The van der Waals surface area contributed by atoms with Crippen LogP contribution in [0.4, 0.5) is 5.69 Å². The Morgan fingerprint density at radius 1 is 1.30 bits per heavy atom. The number of imidazole rings is 1. The third kappa shape index (κ3) is 7.34. The van der Waals surface area contributed by atoms with Gasteiger partial charge in [-0.05, 0) is 51.7 Å². The van der Waals surface area contributed by atoms with E-state index in [4.69, 9.17) is 16.6 Å². The summed E-state index contributed by atoms with van der Waals surface area (Å²) >= 11 is 6.40. The van der Waals surface area contributed by atoms with Gasteiger partial charge in [0.15, 0.2) is 5.96 Å². The molecule has 0 radical (unpaired) electrons. The van der Waals surface area contributed by atoms with Crippen LogP contribution in [0.3, 0.4) is 0 Å². The van der Waals surface area contributed by atoms with E-state index < -0.39 is 0 Å². The highest BCUT2D eigenvalue weighted by atomic mass is 127. The van der Waals surface area contributed by atoms with E-state index in [-0.39, 0.29) is 24.0 Å². The zero-order valence-corrected chi connectivity index (χ0v) is 21.1. The summed E-state index contributed by atoms with van der Waals surface area (Å²) in [7, 11) is 0. The molecule has 3 rings (SSSR count). The van der Waals surface area contributed by atoms with Crippen LogP contribution in [-0.2, 0) is 6.54 Å². The number of anilines is 1. The second-order valence-electron chi connectivity index (χ2n) is 7.52. The molecule has 0 bridgehead atoms. The number of rotatable bonds is 8. The van der Waals surface area contributed by atoms with Crippen LogP contribution in [0.2, 0.25) is 5.02 Å². The highest BCUT2D eigenvalue weighted by molar-refractivity contribution is 14.0. The van der Waals surface area contributed by atoms with Crippen molar-refractivity contribution in [3.05, 3.63) is 47.5 Å². The first kappa shape index (κ1) is 24.8. The van der Waals surface area contributed by atoms with Gasteiger partial charge in [0.05, 0.1) is 10.7 Å². The van der Waals surface area contributed by atoms with Gasteiger partial charge in [0.25, 0.3) is 0 Å². The van der Waals surface area contributed by atoms with Gasteiger partial charge in [0.1, 0.15) is 5.82 Å². The number of para-hydroxylation sites is 1. The number of aromatic nitrogens is 2. The van der Waals surface area contributed by atoms with Crippen LogP contribution < -0.4 is 15.5 Å². The van der Waals surface area contributed by atoms with Crippen molar-refractivity contribution in [2.75, 3.05) is 31.1 Å². The lowest BCUT2D eigenvalue weighted by atomic mass is 10.0. The lowest BCUT2D eigenvalue weighted by Gasteiger charge is -2.35. The summed E-state index contributed by atoms with van der Waals surface area (Å²) in [6.45, 7) is 8.82. The molecule has 1 aliphatic heterocycles. The molecule has 0 aliphatic carbocycles. The average molecular weight is 545 g/mol. The van der Waals surface area contributed by atoms with Crippen molar-refractivity contribution in [1.82, 2.24) is 20.2 Å². The summed E-state index contributed by atoms with van der Waals surface area (Å²) in [5.74, 6) is 1.99. The Hall–Kier alpha value is -1.48. The van der Waals surface area contributed by atoms with Gasteiger partial charge < -0.3 is 20.1 Å². The van der Waals surface area contributed by atoms with Crippen molar-refractivity contribution in [1.29, 1.82) is 0 Å². The first-order valence-electron chi connectivity index (χ1n) is 10.7. The average Bonchev–Trinajstić information content (AvgIpc) is 3.13. The van der Waals surface area contributed by atoms with Gasteiger partial charge in [-0.1, -0.05) is 23.7 Å². The highest BCUT2D eigenvalue weighted by Gasteiger charge is 2.22. The van der Waals surface area contributed by atoms with E-state index in [0.717, 1.165) is 80.9 Å². The summed E-state index contributed by atoms with van der Waals surface area (Å²) < 4.78 is 2.19. The quantitative estimate of drug-likeness (QED) is 0.223. The number of benzene rings is 1. The van der Waals surface area contributed by atoms with E-state index in [1.165, 1.54) is 0 Å². The second kappa shape index (κ2) is 13.0. The van der Waals surface area contributed by atoms with Gasteiger partial charge in [-0.25, -0.2) is 4.98 Å². The van der Waals surface area contributed by atoms with Crippen LogP contribution in [0.1, 0.15) is 38.4 Å². The molecule has 1 aromatic heterocycles. The molecule has 0 amide bonds. The summed E-state index contributed by atoms with van der Waals surface area (Å²) in [6, 6.07) is 8.47. The topological polar surface area (TPSA) is 57.5 Å². The van der Waals surface area contributed by atoms with Crippen molar-refractivity contribution in [2.24, 2.45) is 4.99 Å². The smallest absolute Gasteiger partial charge is 0.191 e. The molecule has 2 aromatic rings. The minimum Gasteiger partial charge on any atom is -0.368 e. The van der Waals surface area contributed by atoms with Crippen molar-refractivity contribution < 1.29 is 0 Å². The molecule has 8 heteroatoms. The zero-order valence-electron chi connectivity index (χ0n) is 18.0. The predicted octanol–water partition coefficient (Wildman–Crippen LogP) is 4.47. The number of unbranched alkanes of at least 4 members (excludes halogenated alkanes) is 1. The molecular formula is C22H34ClIN6. The maximum absolute atomic E-state index is 6.40. The van der Waals surface area contributed by atoms with Crippen LogP contribution >= 0.6 is 35.6 Å². The van der Waals surface area contributed by atoms with E-state index in [1.807, 2.05) is 31.5 Å². The Kier molecular flexibility index (Phi) is 10.8. The van der Waals surface area contributed by atoms with Crippen LogP contribution in [-0.4, -0.2) is 47.7 Å². The number of guanidine groups is 1. The van der Waals surface area contributed by atoms with Crippen LogP contribution in [0.25, 0.3) is 0 Å². The Bertz CT molecular complexity index is 793. The summed E-state index contributed by atoms with van der Waals surface area (Å²) in [5.41, 5.74) is 1.12. The van der Waals surface area contributed by atoms with Crippen LogP contribution in [0.5, 0.6) is 0 Å². The van der Waals surface area contributed by atoms with Crippen LogP contribution in [0, 0.1) is 6.92 Å². The van der Waals surface area contributed by atoms with E-state index in [9.17, 15) is 0 Å². The van der Waals surface area contributed by atoms with Crippen molar-refractivity contribution in [2.45, 2.75) is 52.1 Å². The van der Waals surface area contributed by atoms with Gasteiger partial charge in [0, 0.05) is 51.2 Å². The van der Waals surface area contributed by atoms with Crippen molar-refractivity contribution in [3.63, 3.8) is 0 Å². The number of piperidine rings is 1. The molecular weight excluding hydrogens is 511 g/mol. The molecule has 30 heavy (non-hydrogen) atoms. The first-order valence-corrected chi connectivity index (χ1v) is 11.1. The van der Waals surface area contributed by atoms with Gasteiger partial charge in [-0.3, -0.25) is 4.99 Å². The third-order valence-corrected chi connectivity index (χ3v) is 5.62. The number of hydrogen-bond donors (Lipinski definition) is 2. The molecule has 166 valence electrons. The molecule has 6 nitrogen and oxygen atoms in total. The Morgan fingerprint density at radius 2 is 2.13 bits per heavy atom. The second-order valence-corrected chi connectivity index (χ2v) is 7.92. The van der Waals surface area contributed by atoms with E-state index in [1.54, 1.807) is 0 Å². The Morgan fingerprint density at radius 3 is 2.87 bits per heavy atom. The predicted molar refractivity (Wildman–Crippen MR) is 137 cm³/mol. The fraction of sp³-hybridized carbons (Fsp3) is 0.545. The molecule has 0 saturated carbocycles. The molecule has 2 heterocycles. The van der Waals surface area contributed by atoms with Crippen molar-refractivity contribution >= 4 is 47.2 Å². The lowest BCUT2D eigenvalue weighted by Crippen LogP contribution is -2.51. The maximum Gasteiger partial charge on any atom is 0.191 e. The molecule has 1 aliphatic rings. The lowest BCUT2D eigenvalue weighted by molar-refractivity contribution is 0.468. The number of hydrogen-bond acceptors (Lipinski definition) is 3. The molecule has 2 N–H and O–H groups in total. The normalized spacial score (nSPS) is 16.8. The number of aryl methyl sites for hydroxylation is 2. The summed E-state index contributed by atoms with van der Waals surface area (Å²) in [6.07, 6.45) is 8.35. The molecule has 0 spiro atoms. The minimum atomic E-state index is 0. The van der Waals surface area contributed by atoms with Gasteiger partial charge in [-0.15, -0.1) is 24.0 Å². The van der Waals surface area contributed by atoms with Gasteiger partial charge in [-0.2, -0.15) is 0 Å². The van der Waals surface area contributed by atoms with Crippen molar-refractivity contribution in [3.8, 4) is 0 Å². The fourth-order valence-corrected chi connectivity index (χ4v) is 4.02. The van der Waals surface area contributed by atoms with E-state index in [0.29, 0.717) is 6.04 Å². The Labute approximate surface area is 202 Å². The molecule has 1 aromatic carbocycles. The number of nitrogens with zero attached hydrogens (tertiary/aromatic N) is 4. The Balaban J connectivity index is 0.00000320. The van der Waals surface area contributed by atoms with E-state index in [2.05, 4.69) is 44.1 Å². The molecule has 1 unspecified atom stereocenters. The summed E-state index contributed by atoms with van der Waals surface area (Å²) in [4.78, 5) is 11.4. The van der Waals surface area contributed by atoms with Gasteiger partial charge >= 0.3 is 0 Å². The highest BCUT2D eigenvalue weighted by Crippen LogP contribution is 2.27. The standard InChI is InChI=1S/C22H33ClN6.HI/c1-3-24-22(26-12-6-7-14-28-16-13-25-18(28)2)27-19-9-8-15-29(17-19)21-11-5-4-10-20(21)23;/h4-5,10-11,13,16,19H,3,6-9,12,14-15,17H2,1-2H3,(H2,24,26,27);1H. The molecule has 1 saturated heterocycles. The molecule has 1 fully saturated rings. The third-order valence-electron chi connectivity index (χ3n) is 5.30. The summed E-state index contributed by atoms with van der Waals surface area (Å²) in [5, 5.41) is 7.84. The number of aliphatic imine (C=N–C) groups is 1. The first-order chi connectivity index (χ1) is 14.2. The minimum absolute atomic E-state index is 0. The number of nitrogens with one attached hydrogen (secondary N) is 2. The zero-order chi connectivity index (χ0) is 20.5. The van der Waals surface area contributed by atoms with E-state index >= 15 is 0 Å². The fourth-order valence-electron chi connectivity index (χ4n) is 3.76.